The molecule has 0 saturated carbocycles. The maximum Gasteiger partial charge on any atom is 0.0862 e. The number of hydrogen-bond acceptors (Lipinski definition) is 0. The molecule has 0 bridgehead atoms. The van der Waals surface area contributed by atoms with Gasteiger partial charge in [-0.25, -0.2) is 0 Å². The Morgan fingerprint density at radius 1 is 1.00 bits per heavy atom. The van der Waals surface area contributed by atoms with Gasteiger partial charge in [0, 0.05) is 0 Å². The van der Waals surface area contributed by atoms with Crippen LogP contribution in [0.2, 0.25) is 18.1 Å². The zero-order valence-electron chi connectivity index (χ0n) is 11.1. The van der Waals surface area contributed by atoms with Crippen molar-refractivity contribution in [3.63, 3.8) is 0 Å². The van der Waals surface area contributed by atoms with Crippen LogP contribution in [0.4, 0.5) is 0 Å². The Morgan fingerprint density at radius 2 is 1.50 bits per heavy atom. The van der Waals surface area contributed by atoms with Gasteiger partial charge in [0.25, 0.3) is 0 Å². The Hall–Kier alpha value is -0.823. The van der Waals surface area contributed by atoms with Gasteiger partial charge in [0.2, 0.25) is 0 Å². The van der Waals surface area contributed by atoms with E-state index in [0.717, 1.165) is 0 Å². The summed E-state index contributed by atoms with van der Waals surface area (Å²) in [5.41, 5.74) is 1.45. The molecule has 0 aliphatic rings. The highest BCUT2D eigenvalue weighted by molar-refractivity contribution is 6.96. The minimum atomic E-state index is -1.23. The van der Waals surface area contributed by atoms with Gasteiger partial charge in [0.1, 0.15) is 0 Å². The van der Waals surface area contributed by atoms with Crippen LogP contribution in [0.3, 0.4) is 0 Å². The van der Waals surface area contributed by atoms with E-state index >= 15 is 0 Å². The topological polar surface area (TPSA) is 0 Å². The number of allylic oxidation sites excluding steroid dienone is 1. The zero-order valence-corrected chi connectivity index (χ0v) is 12.1. The van der Waals surface area contributed by atoms with Crippen molar-refractivity contribution >= 4 is 13.3 Å². The maximum atomic E-state index is 2.37. The summed E-state index contributed by atoms with van der Waals surface area (Å²) in [6, 6.07) is 15.0. The Bertz CT molecular complexity index is 325. The second-order valence-corrected chi connectivity index (χ2v) is 9.63. The van der Waals surface area contributed by atoms with Crippen LogP contribution >= 0.6 is 0 Å². The standard InChI is InChI=1S/C15H24Si/c1-5-15(14-12-10-9-11-13-14)16(6-2,7-3)8-4/h5,9-13H,6-8H2,1-4H3/b15-5+. The van der Waals surface area contributed by atoms with E-state index in [2.05, 4.69) is 64.1 Å². The third-order valence-electron chi connectivity index (χ3n) is 3.98. The van der Waals surface area contributed by atoms with E-state index in [1.807, 2.05) is 0 Å². The highest BCUT2D eigenvalue weighted by Gasteiger charge is 2.31. The molecule has 0 fully saturated rings. The lowest BCUT2D eigenvalue weighted by Gasteiger charge is -2.31. The number of benzene rings is 1. The molecule has 0 nitrogen and oxygen atoms in total. The number of rotatable bonds is 5. The van der Waals surface area contributed by atoms with E-state index in [1.165, 1.54) is 23.7 Å². The second-order valence-electron chi connectivity index (χ2n) is 4.41. The molecule has 0 unspecified atom stereocenters. The molecule has 0 aliphatic heterocycles. The summed E-state index contributed by atoms with van der Waals surface area (Å²) in [5.74, 6) is 0. The molecule has 0 N–H and O–H groups in total. The normalized spacial score (nSPS) is 12.9. The van der Waals surface area contributed by atoms with E-state index in [0.29, 0.717) is 0 Å². The predicted octanol–water partition coefficient (Wildman–Crippen LogP) is 5.14. The Labute approximate surface area is 101 Å². The predicted molar refractivity (Wildman–Crippen MR) is 77.3 cm³/mol. The van der Waals surface area contributed by atoms with Gasteiger partial charge in [0.05, 0.1) is 8.07 Å². The summed E-state index contributed by atoms with van der Waals surface area (Å²) in [6.07, 6.45) is 2.36. The van der Waals surface area contributed by atoms with Crippen LogP contribution in [-0.2, 0) is 0 Å². The Kier molecular flexibility index (Phi) is 5.00. The summed E-state index contributed by atoms with van der Waals surface area (Å²) in [6.45, 7) is 9.30. The lowest BCUT2D eigenvalue weighted by Crippen LogP contribution is -2.33. The van der Waals surface area contributed by atoms with Crippen LogP contribution in [0, 0.1) is 0 Å². The molecule has 0 radical (unpaired) electrons. The van der Waals surface area contributed by atoms with Crippen molar-refractivity contribution in [2.24, 2.45) is 0 Å². The van der Waals surface area contributed by atoms with Gasteiger partial charge in [-0.1, -0.05) is 80.5 Å². The molecule has 88 valence electrons. The van der Waals surface area contributed by atoms with Gasteiger partial charge in [0.15, 0.2) is 0 Å². The van der Waals surface area contributed by atoms with Gasteiger partial charge >= 0.3 is 0 Å². The van der Waals surface area contributed by atoms with Crippen LogP contribution in [0.15, 0.2) is 36.4 Å². The first-order valence-electron chi connectivity index (χ1n) is 6.46. The van der Waals surface area contributed by atoms with E-state index in [9.17, 15) is 0 Å². The van der Waals surface area contributed by atoms with Crippen molar-refractivity contribution in [1.82, 2.24) is 0 Å². The molecular formula is C15H24Si. The molecule has 1 heteroatoms. The van der Waals surface area contributed by atoms with Crippen LogP contribution in [0.25, 0.3) is 5.20 Å². The smallest absolute Gasteiger partial charge is 0.0862 e. The van der Waals surface area contributed by atoms with E-state index in [4.69, 9.17) is 0 Å². The largest absolute Gasteiger partial charge is 0.0878 e. The molecule has 0 aliphatic carbocycles. The fourth-order valence-electron chi connectivity index (χ4n) is 2.72. The van der Waals surface area contributed by atoms with Crippen molar-refractivity contribution in [2.75, 3.05) is 0 Å². The van der Waals surface area contributed by atoms with Gasteiger partial charge < -0.3 is 0 Å². The number of hydrogen-bond donors (Lipinski definition) is 0. The molecule has 0 heterocycles. The van der Waals surface area contributed by atoms with Crippen molar-refractivity contribution in [3.8, 4) is 0 Å². The van der Waals surface area contributed by atoms with Crippen LogP contribution < -0.4 is 0 Å². The molecule has 1 aromatic rings. The molecule has 0 amide bonds. The minimum absolute atomic E-state index is 1.23. The molecule has 0 aromatic heterocycles. The van der Waals surface area contributed by atoms with E-state index in [-0.39, 0.29) is 0 Å². The highest BCUT2D eigenvalue weighted by atomic mass is 28.3. The molecule has 1 rings (SSSR count). The molecular weight excluding hydrogens is 208 g/mol. The Morgan fingerprint density at radius 3 is 1.88 bits per heavy atom. The molecule has 0 saturated heterocycles. The van der Waals surface area contributed by atoms with Gasteiger partial charge in [-0.05, 0) is 12.5 Å². The lowest BCUT2D eigenvalue weighted by molar-refractivity contribution is 1.20. The molecule has 16 heavy (non-hydrogen) atoms. The van der Waals surface area contributed by atoms with E-state index in [1.54, 1.807) is 5.20 Å². The first-order valence-corrected chi connectivity index (χ1v) is 9.08. The molecule has 1 aromatic carbocycles. The van der Waals surface area contributed by atoms with Crippen molar-refractivity contribution < 1.29 is 0 Å². The fraction of sp³-hybridized carbons (Fsp3) is 0.467. The zero-order chi connectivity index (χ0) is 12.0. The van der Waals surface area contributed by atoms with Crippen molar-refractivity contribution in [1.29, 1.82) is 0 Å². The van der Waals surface area contributed by atoms with Crippen molar-refractivity contribution in [3.05, 3.63) is 42.0 Å². The Balaban J connectivity index is 3.17. The average Bonchev–Trinajstić information content (AvgIpc) is 2.37. The minimum Gasteiger partial charge on any atom is -0.0878 e. The molecule has 0 atom stereocenters. The summed E-state index contributed by atoms with van der Waals surface area (Å²) in [5, 5.41) is 1.65. The molecule has 0 spiro atoms. The lowest BCUT2D eigenvalue weighted by atomic mass is 10.2. The van der Waals surface area contributed by atoms with Gasteiger partial charge in [-0.3, -0.25) is 0 Å². The van der Waals surface area contributed by atoms with Crippen LogP contribution in [0.1, 0.15) is 33.3 Å². The van der Waals surface area contributed by atoms with Gasteiger partial charge in [-0.15, -0.1) is 0 Å². The van der Waals surface area contributed by atoms with Crippen molar-refractivity contribution in [2.45, 2.75) is 45.8 Å². The SMILES string of the molecule is C/C=C(\c1ccccc1)[Si](CC)(CC)CC. The monoisotopic (exact) mass is 232 g/mol. The maximum absolute atomic E-state index is 2.37. The van der Waals surface area contributed by atoms with Crippen LogP contribution in [-0.4, -0.2) is 8.07 Å². The fourth-order valence-corrected chi connectivity index (χ4v) is 6.75. The summed E-state index contributed by atoms with van der Waals surface area (Å²) < 4.78 is 0. The first-order chi connectivity index (χ1) is 7.74. The van der Waals surface area contributed by atoms with Gasteiger partial charge in [-0.2, -0.15) is 0 Å². The highest BCUT2D eigenvalue weighted by Crippen LogP contribution is 2.35. The second kappa shape index (κ2) is 6.05. The average molecular weight is 232 g/mol. The summed E-state index contributed by atoms with van der Waals surface area (Å²) >= 11 is 0. The summed E-state index contributed by atoms with van der Waals surface area (Å²) in [7, 11) is -1.23. The van der Waals surface area contributed by atoms with Crippen LogP contribution in [0.5, 0.6) is 0 Å². The quantitative estimate of drug-likeness (QED) is 0.617. The first kappa shape index (κ1) is 13.2. The third-order valence-corrected chi connectivity index (χ3v) is 9.76. The summed E-state index contributed by atoms with van der Waals surface area (Å²) in [4.78, 5) is 0. The third kappa shape index (κ3) is 2.46. The van der Waals surface area contributed by atoms with E-state index < -0.39 is 8.07 Å².